The van der Waals surface area contributed by atoms with Crippen LogP contribution in [0.1, 0.15) is 26.8 Å². The Balaban J connectivity index is 1.66. The molecule has 4 atom stereocenters. The van der Waals surface area contributed by atoms with E-state index in [9.17, 15) is 9.00 Å². The van der Waals surface area contributed by atoms with Gasteiger partial charge in [-0.05, 0) is 57.2 Å². The Morgan fingerprint density at radius 3 is 2.19 bits per heavy atom. The lowest BCUT2D eigenvalue weighted by Gasteiger charge is -2.39. The lowest BCUT2D eigenvalue weighted by atomic mass is 9.99. The third kappa shape index (κ3) is 3.88. The summed E-state index contributed by atoms with van der Waals surface area (Å²) in [4.78, 5) is 14.5. The van der Waals surface area contributed by atoms with Crippen LogP contribution >= 0.6 is 23.2 Å². The summed E-state index contributed by atoms with van der Waals surface area (Å²) in [5.41, 5.74) is 1.17. The van der Waals surface area contributed by atoms with Crippen molar-refractivity contribution in [1.82, 2.24) is 9.47 Å². The number of hydrogen-bond donors (Lipinski definition) is 0. The minimum atomic E-state index is -1.88. The fourth-order valence-corrected chi connectivity index (χ4v) is 5.65. The predicted molar refractivity (Wildman–Crippen MR) is 124 cm³/mol. The lowest BCUT2D eigenvalue weighted by molar-refractivity contribution is -0.0162. The number of benzene rings is 2. The van der Waals surface area contributed by atoms with Crippen LogP contribution in [-0.2, 0) is 24.5 Å². The molecule has 0 radical (unpaired) electrons. The average Bonchev–Trinajstić information content (AvgIpc) is 3.22. The predicted octanol–water partition coefficient (Wildman–Crippen LogP) is 5.26. The van der Waals surface area contributed by atoms with Crippen LogP contribution in [0.3, 0.4) is 0 Å². The molecule has 0 spiro atoms. The number of rotatable bonds is 1. The van der Waals surface area contributed by atoms with Crippen molar-refractivity contribution in [2.45, 2.75) is 44.6 Å². The molecule has 0 N–H and O–H groups in total. The number of halogens is 2. The van der Waals surface area contributed by atoms with E-state index in [1.165, 1.54) is 0 Å². The van der Waals surface area contributed by atoms with E-state index in [0.717, 1.165) is 21.8 Å². The minimum absolute atomic E-state index is 0.233. The van der Waals surface area contributed by atoms with Crippen molar-refractivity contribution in [3.63, 3.8) is 0 Å². The molecule has 0 aliphatic carbocycles. The van der Waals surface area contributed by atoms with E-state index in [1.54, 1.807) is 4.90 Å². The van der Waals surface area contributed by atoms with Gasteiger partial charge < -0.3 is 14.2 Å². The Hall–Kier alpha value is -1.84. The SMILES string of the molecule is CC(C)(C)OC(=O)N1CC(n2c3ccc(Cl)cc3c3cc(Cl)ccc32)[C@H]2OS(=O)O[C@H]2C1. The maximum atomic E-state index is 12.9. The third-order valence-electron chi connectivity index (χ3n) is 5.66. The number of amides is 1. The molecule has 10 heteroatoms. The number of carbonyl (C=O) groups excluding carboxylic acids is 1. The molecular weight excluding hydrogens is 475 g/mol. The summed E-state index contributed by atoms with van der Waals surface area (Å²) < 4.78 is 31.0. The summed E-state index contributed by atoms with van der Waals surface area (Å²) in [6.07, 6.45) is -1.50. The molecule has 2 fully saturated rings. The number of piperidine rings is 1. The molecule has 2 aliphatic heterocycles. The summed E-state index contributed by atoms with van der Waals surface area (Å²) in [7, 11) is 0. The quantitative estimate of drug-likeness (QED) is 0.459. The number of ether oxygens (including phenoxy) is 1. The second-order valence-electron chi connectivity index (χ2n) is 9.05. The van der Waals surface area contributed by atoms with Crippen LogP contribution in [0.2, 0.25) is 10.0 Å². The first-order valence-electron chi connectivity index (χ1n) is 10.2. The normalized spacial score (nSPS) is 26.0. The molecule has 2 aliphatic rings. The molecule has 3 heterocycles. The van der Waals surface area contributed by atoms with Gasteiger partial charge in [0.2, 0.25) is 0 Å². The number of fused-ring (bicyclic) bond motifs is 4. The van der Waals surface area contributed by atoms with Gasteiger partial charge in [-0.2, -0.15) is 4.21 Å². The van der Waals surface area contributed by atoms with Crippen molar-refractivity contribution in [1.29, 1.82) is 0 Å². The Morgan fingerprint density at radius 1 is 1.03 bits per heavy atom. The molecule has 2 aromatic carbocycles. The molecule has 2 unspecified atom stereocenters. The van der Waals surface area contributed by atoms with E-state index in [4.69, 9.17) is 36.3 Å². The fraction of sp³-hybridized carbons (Fsp3) is 0.409. The van der Waals surface area contributed by atoms with Crippen LogP contribution in [0.15, 0.2) is 36.4 Å². The van der Waals surface area contributed by atoms with Gasteiger partial charge >= 0.3 is 17.5 Å². The van der Waals surface area contributed by atoms with Gasteiger partial charge in [0.1, 0.15) is 17.8 Å². The topological polar surface area (TPSA) is 70.0 Å². The average molecular weight is 497 g/mol. The molecule has 7 nitrogen and oxygen atoms in total. The van der Waals surface area contributed by atoms with Gasteiger partial charge in [0.25, 0.3) is 0 Å². The highest BCUT2D eigenvalue weighted by molar-refractivity contribution is 7.75. The summed E-state index contributed by atoms with van der Waals surface area (Å²) in [6, 6.07) is 10.9. The molecule has 0 bridgehead atoms. The summed E-state index contributed by atoms with van der Waals surface area (Å²) in [5, 5.41) is 3.08. The van der Waals surface area contributed by atoms with Crippen molar-refractivity contribution in [3.8, 4) is 0 Å². The second kappa shape index (κ2) is 7.88. The zero-order chi connectivity index (χ0) is 22.8. The van der Waals surface area contributed by atoms with Gasteiger partial charge in [0.05, 0.1) is 12.6 Å². The Kier molecular flexibility index (Phi) is 5.41. The van der Waals surface area contributed by atoms with E-state index in [-0.39, 0.29) is 12.6 Å². The van der Waals surface area contributed by atoms with Crippen molar-refractivity contribution in [3.05, 3.63) is 46.4 Å². The van der Waals surface area contributed by atoms with Crippen molar-refractivity contribution >= 4 is 62.5 Å². The lowest BCUT2D eigenvalue weighted by Crippen LogP contribution is -2.54. The van der Waals surface area contributed by atoms with Gasteiger partial charge in [-0.15, -0.1) is 0 Å². The molecule has 170 valence electrons. The zero-order valence-corrected chi connectivity index (χ0v) is 20.0. The van der Waals surface area contributed by atoms with E-state index < -0.39 is 35.3 Å². The van der Waals surface area contributed by atoms with Gasteiger partial charge in [-0.1, -0.05) is 23.2 Å². The van der Waals surface area contributed by atoms with Crippen molar-refractivity contribution in [2.75, 3.05) is 13.1 Å². The van der Waals surface area contributed by atoms with Gasteiger partial charge in [-0.3, -0.25) is 8.37 Å². The highest BCUT2D eigenvalue weighted by atomic mass is 35.5. The van der Waals surface area contributed by atoms with Crippen LogP contribution in [0.25, 0.3) is 21.8 Å². The van der Waals surface area contributed by atoms with Gasteiger partial charge in [-0.25, -0.2) is 4.79 Å². The molecule has 1 amide bonds. The summed E-state index contributed by atoms with van der Waals surface area (Å²) in [6.45, 7) is 6.00. The highest BCUT2D eigenvalue weighted by Crippen LogP contribution is 2.40. The van der Waals surface area contributed by atoms with Crippen LogP contribution in [0.5, 0.6) is 0 Å². The summed E-state index contributed by atoms with van der Waals surface area (Å²) >= 11 is 10.7. The van der Waals surface area contributed by atoms with Crippen molar-refractivity contribution < 1.29 is 22.1 Å². The van der Waals surface area contributed by atoms with Crippen molar-refractivity contribution in [2.24, 2.45) is 0 Å². The van der Waals surface area contributed by atoms with E-state index >= 15 is 0 Å². The first-order valence-corrected chi connectivity index (χ1v) is 12.0. The molecule has 1 aromatic heterocycles. The molecule has 3 aromatic rings. The minimum Gasteiger partial charge on any atom is -0.444 e. The first kappa shape index (κ1) is 22.0. The Morgan fingerprint density at radius 2 is 1.62 bits per heavy atom. The number of likely N-dealkylation sites (tertiary alicyclic amines) is 1. The Bertz CT molecular complexity index is 1200. The number of nitrogens with zero attached hydrogens (tertiary/aromatic N) is 2. The molecular formula is C22H22Cl2N2O5S. The number of carbonyl (C=O) groups is 1. The molecule has 32 heavy (non-hydrogen) atoms. The third-order valence-corrected chi connectivity index (χ3v) is 6.91. The maximum Gasteiger partial charge on any atom is 0.410 e. The maximum absolute atomic E-state index is 12.9. The zero-order valence-electron chi connectivity index (χ0n) is 17.7. The molecule has 0 saturated carbocycles. The van der Waals surface area contributed by atoms with Gasteiger partial charge in [0.15, 0.2) is 0 Å². The number of hydrogen-bond acceptors (Lipinski definition) is 5. The van der Waals surface area contributed by atoms with E-state index in [0.29, 0.717) is 16.6 Å². The van der Waals surface area contributed by atoms with Crippen LogP contribution < -0.4 is 0 Å². The number of aromatic nitrogens is 1. The fourth-order valence-electron chi connectivity index (χ4n) is 4.46. The standard InChI is InChI=1S/C22H22Cl2N2O5S/c1-22(2,3)29-21(27)25-10-18(20-19(11-25)30-32(28)31-20)26-16-6-4-12(23)8-14(16)15-9-13(24)5-7-17(15)26/h4-9,18-20H,10-11H2,1-3H3/t18?,19-,20+,32?/m0/s1. The monoisotopic (exact) mass is 496 g/mol. The Labute approximate surface area is 198 Å². The first-order chi connectivity index (χ1) is 15.1. The second-order valence-corrected chi connectivity index (χ2v) is 10.7. The van der Waals surface area contributed by atoms with Crippen LogP contribution in [0.4, 0.5) is 4.79 Å². The van der Waals surface area contributed by atoms with E-state index in [2.05, 4.69) is 4.57 Å². The smallest absolute Gasteiger partial charge is 0.410 e. The van der Waals surface area contributed by atoms with Gasteiger partial charge in [0, 0.05) is 38.4 Å². The highest BCUT2D eigenvalue weighted by Gasteiger charge is 2.49. The molecule has 5 rings (SSSR count). The van der Waals surface area contributed by atoms with Crippen LogP contribution in [0, 0.1) is 0 Å². The van der Waals surface area contributed by atoms with E-state index in [1.807, 2.05) is 57.2 Å². The summed E-state index contributed by atoms with van der Waals surface area (Å²) in [5.74, 6) is 0. The molecule has 2 saturated heterocycles. The largest absolute Gasteiger partial charge is 0.444 e. The van der Waals surface area contributed by atoms with Crippen LogP contribution in [-0.4, -0.2) is 50.7 Å².